The van der Waals surface area contributed by atoms with Crippen molar-refractivity contribution in [3.05, 3.63) is 53.6 Å². The van der Waals surface area contributed by atoms with Crippen molar-refractivity contribution in [1.82, 2.24) is 4.31 Å². The van der Waals surface area contributed by atoms with Crippen molar-refractivity contribution in [2.75, 3.05) is 32.1 Å². The molecule has 6 nitrogen and oxygen atoms in total. The molecule has 1 amide bonds. The van der Waals surface area contributed by atoms with Gasteiger partial charge in [0.15, 0.2) is 0 Å². The van der Waals surface area contributed by atoms with Gasteiger partial charge in [-0.1, -0.05) is 29.8 Å². The molecule has 8 heteroatoms. The second-order valence-electron chi connectivity index (χ2n) is 6.71. The lowest BCUT2D eigenvalue weighted by Crippen LogP contribution is -2.43. The van der Waals surface area contributed by atoms with Crippen LogP contribution in [0.2, 0.25) is 5.02 Å². The minimum atomic E-state index is -3.66. The minimum Gasteiger partial charge on any atom is -0.495 e. The maximum atomic E-state index is 12.9. The SMILES string of the molecule is COc1ccc(S(=O)(=O)N2CCC(C(=O)N(C)c3ccccc3)CC2)cc1Cl. The van der Waals surface area contributed by atoms with Crippen LogP contribution < -0.4 is 9.64 Å². The van der Waals surface area contributed by atoms with Crippen LogP contribution in [-0.2, 0) is 14.8 Å². The van der Waals surface area contributed by atoms with Crippen molar-refractivity contribution in [1.29, 1.82) is 0 Å². The highest BCUT2D eigenvalue weighted by Crippen LogP contribution is 2.30. The van der Waals surface area contributed by atoms with E-state index in [9.17, 15) is 13.2 Å². The molecule has 0 radical (unpaired) electrons. The summed E-state index contributed by atoms with van der Waals surface area (Å²) in [4.78, 5) is 14.5. The van der Waals surface area contributed by atoms with E-state index >= 15 is 0 Å². The number of hydrogen-bond donors (Lipinski definition) is 0. The standard InChI is InChI=1S/C20H23ClN2O4S/c1-22(16-6-4-3-5-7-16)20(24)15-10-12-23(13-11-15)28(25,26)17-8-9-19(27-2)18(21)14-17/h3-9,14-15H,10-13H2,1-2H3. The monoisotopic (exact) mass is 422 g/mol. The summed E-state index contributed by atoms with van der Waals surface area (Å²) >= 11 is 6.07. The summed E-state index contributed by atoms with van der Waals surface area (Å²) in [6.07, 6.45) is 0.970. The average Bonchev–Trinajstić information content (AvgIpc) is 2.73. The average molecular weight is 423 g/mol. The first-order chi connectivity index (χ1) is 13.3. The molecule has 0 bridgehead atoms. The Kier molecular flexibility index (Phi) is 6.27. The summed E-state index contributed by atoms with van der Waals surface area (Å²) < 4.78 is 32.3. The van der Waals surface area contributed by atoms with Gasteiger partial charge in [0, 0.05) is 31.7 Å². The molecule has 0 N–H and O–H groups in total. The number of halogens is 1. The van der Waals surface area contributed by atoms with Gasteiger partial charge in [-0.2, -0.15) is 4.31 Å². The zero-order valence-corrected chi connectivity index (χ0v) is 17.4. The lowest BCUT2D eigenvalue weighted by Gasteiger charge is -2.32. The first kappa shape index (κ1) is 20.6. The fourth-order valence-electron chi connectivity index (χ4n) is 3.35. The number of carbonyl (C=O) groups excluding carboxylic acids is 1. The van der Waals surface area contributed by atoms with E-state index < -0.39 is 10.0 Å². The number of para-hydroxylation sites is 1. The maximum absolute atomic E-state index is 12.9. The minimum absolute atomic E-state index is 0.00994. The molecular weight excluding hydrogens is 400 g/mol. The van der Waals surface area contributed by atoms with Gasteiger partial charge in [0.25, 0.3) is 0 Å². The van der Waals surface area contributed by atoms with Crippen LogP contribution in [0.5, 0.6) is 5.75 Å². The van der Waals surface area contributed by atoms with E-state index in [0.29, 0.717) is 31.7 Å². The number of rotatable bonds is 5. The molecule has 1 saturated heterocycles. The number of carbonyl (C=O) groups is 1. The highest BCUT2D eigenvalue weighted by molar-refractivity contribution is 7.89. The summed E-state index contributed by atoms with van der Waals surface area (Å²) in [5.74, 6) is 0.237. The number of sulfonamides is 1. The number of amides is 1. The fraction of sp³-hybridized carbons (Fsp3) is 0.350. The highest BCUT2D eigenvalue weighted by atomic mass is 35.5. The van der Waals surface area contributed by atoms with Crippen LogP contribution in [0.3, 0.4) is 0 Å². The molecule has 3 rings (SSSR count). The third kappa shape index (κ3) is 4.16. The van der Waals surface area contributed by atoms with Gasteiger partial charge in [-0.3, -0.25) is 4.79 Å². The molecule has 1 aliphatic heterocycles. The Labute approximate surface area is 170 Å². The number of nitrogens with zero attached hydrogens (tertiary/aromatic N) is 2. The predicted octanol–water partition coefficient (Wildman–Crippen LogP) is 3.41. The van der Waals surface area contributed by atoms with Gasteiger partial charge in [0.2, 0.25) is 15.9 Å². The molecule has 2 aromatic rings. The quantitative estimate of drug-likeness (QED) is 0.740. The Hall–Kier alpha value is -2.09. The van der Waals surface area contributed by atoms with E-state index in [4.69, 9.17) is 16.3 Å². The van der Waals surface area contributed by atoms with Gasteiger partial charge in [-0.05, 0) is 43.2 Å². The normalized spacial score (nSPS) is 16.0. The summed E-state index contributed by atoms with van der Waals surface area (Å²) in [5.41, 5.74) is 0.829. The molecule has 0 atom stereocenters. The van der Waals surface area contributed by atoms with Crippen LogP contribution in [0, 0.1) is 5.92 Å². The third-order valence-corrected chi connectivity index (χ3v) is 7.23. The molecule has 0 unspecified atom stereocenters. The molecule has 0 spiro atoms. The summed E-state index contributed by atoms with van der Waals surface area (Å²) in [6, 6.07) is 13.9. The molecule has 150 valence electrons. The molecule has 1 fully saturated rings. The number of hydrogen-bond acceptors (Lipinski definition) is 4. The lowest BCUT2D eigenvalue weighted by molar-refractivity contribution is -0.123. The Morgan fingerprint density at radius 3 is 2.36 bits per heavy atom. The van der Waals surface area contributed by atoms with Crippen LogP contribution in [0.4, 0.5) is 5.69 Å². The van der Waals surface area contributed by atoms with Crippen molar-refractivity contribution in [2.45, 2.75) is 17.7 Å². The van der Waals surface area contributed by atoms with Crippen molar-refractivity contribution < 1.29 is 17.9 Å². The maximum Gasteiger partial charge on any atom is 0.243 e. The van der Waals surface area contributed by atoms with Crippen LogP contribution in [-0.4, -0.2) is 45.9 Å². The molecule has 0 aromatic heterocycles. The summed E-state index contributed by atoms with van der Waals surface area (Å²) in [7, 11) is -0.437. The van der Waals surface area contributed by atoms with E-state index in [1.54, 1.807) is 18.0 Å². The van der Waals surface area contributed by atoms with E-state index in [2.05, 4.69) is 0 Å². The zero-order chi connectivity index (χ0) is 20.3. The van der Waals surface area contributed by atoms with E-state index in [1.165, 1.54) is 23.5 Å². The van der Waals surface area contributed by atoms with Crippen molar-refractivity contribution in [2.24, 2.45) is 5.92 Å². The molecule has 0 aliphatic carbocycles. The van der Waals surface area contributed by atoms with Crippen molar-refractivity contribution in [3.8, 4) is 5.75 Å². The smallest absolute Gasteiger partial charge is 0.243 e. The molecule has 1 heterocycles. The van der Waals surface area contributed by atoms with Crippen molar-refractivity contribution >= 4 is 33.2 Å². The number of methoxy groups -OCH3 is 1. The number of piperidine rings is 1. The number of ether oxygens (including phenoxy) is 1. The molecule has 2 aromatic carbocycles. The molecule has 0 saturated carbocycles. The van der Waals surface area contributed by atoms with Crippen LogP contribution in [0.25, 0.3) is 0 Å². The van der Waals surface area contributed by atoms with Gasteiger partial charge in [0.1, 0.15) is 5.75 Å². The Morgan fingerprint density at radius 2 is 1.79 bits per heavy atom. The van der Waals surface area contributed by atoms with E-state index in [0.717, 1.165) is 5.69 Å². The van der Waals surface area contributed by atoms with Gasteiger partial charge >= 0.3 is 0 Å². The fourth-order valence-corrected chi connectivity index (χ4v) is 5.17. The van der Waals surface area contributed by atoms with Crippen LogP contribution in [0.1, 0.15) is 12.8 Å². The lowest BCUT2D eigenvalue weighted by atomic mass is 9.96. The first-order valence-electron chi connectivity index (χ1n) is 9.01. The third-order valence-electron chi connectivity index (χ3n) is 5.04. The van der Waals surface area contributed by atoms with Gasteiger partial charge < -0.3 is 9.64 Å². The summed E-state index contributed by atoms with van der Waals surface area (Å²) in [5, 5.41) is 0.248. The second kappa shape index (κ2) is 8.51. The molecule has 1 aliphatic rings. The second-order valence-corrected chi connectivity index (χ2v) is 9.05. The van der Waals surface area contributed by atoms with Gasteiger partial charge in [-0.25, -0.2) is 8.42 Å². The van der Waals surface area contributed by atoms with Gasteiger partial charge in [0.05, 0.1) is 17.0 Å². The number of anilines is 1. The van der Waals surface area contributed by atoms with Crippen molar-refractivity contribution in [3.63, 3.8) is 0 Å². The van der Waals surface area contributed by atoms with E-state index in [1.807, 2.05) is 30.3 Å². The number of benzene rings is 2. The molecular formula is C20H23ClN2O4S. The zero-order valence-electron chi connectivity index (χ0n) is 15.8. The molecule has 28 heavy (non-hydrogen) atoms. The Balaban J connectivity index is 1.67. The highest BCUT2D eigenvalue weighted by Gasteiger charge is 2.33. The van der Waals surface area contributed by atoms with E-state index in [-0.39, 0.29) is 21.7 Å². The predicted molar refractivity (Wildman–Crippen MR) is 109 cm³/mol. The largest absolute Gasteiger partial charge is 0.495 e. The Bertz CT molecular complexity index is 942. The topological polar surface area (TPSA) is 66.9 Å². The van der Waals surface area contributed by atoms with Gasteiger partial charge in [-0.15, -0.1) is 0 Å². The summed E-state index contributed by atoms with van der Waals surface area (Å²) in [6.45, 7) is 0.593. The van der Waals surface area contributed by atoms with Crippen LogP contribution in [0.15, 0.2) is 53.4 Å². The van der Waals surface area contributed by atoms with Crippen LogP contribution >= 0.6 is 11.6 Å². The first-order valence-corrected chi connectivity index (χ1v) is 10.8. The Morgan fingerprint density at radius 1 is 1.14 bits per heavy atom.